The number of piperazine rings is 1. The average Bonchev–Trinajstić information content (AvgIpc) is 3.04. The number of benzene rings is 1. The van der Waals surface area contributed by atoms with Gasteiger partial charge in [0.05, 0.1) is 23.2 Å². The van der Waals surface area contributed by atoms with Gasteiger partial charge in [-0.3, -0.25) is 34.2 Å². The van der Waals surface area contributed by atoms with E-state index in [2.05, 4.69) is 10.1 Å². The van der Waals surface area contributed by atoms with Crippen molar-refractivity contribution in [2.45, 2.75) is 25.3 Å². The van der Waals surface area contributed by atoms with Gasteiger partial charge < -0.3 is 20.3 Å². The number of nitrogens with two attached hydrogens (primary N) is 1. The summed E-state index contributed by atoms with van der Waals surface area (Å²) in [6.07, 6.45) is -0.767. The van der Waals surface area contributed by atoms with E-state index in [1.807, 2.05) is 4.90 Å². The highest BCUT2D eigenvalue weighted by molar-refractivity contribution is 6.25. The van der Waals surface area contributed by atoms with Crippen LogP contribution in [0.25, 0.3) is 0 Å². The molecule has 33 heavy (non-hydrogen) atoms. The van der Waals surface area contributed by atoms with Crippen molar-refractivity contribution in [2.75, 3.05) is 37.7 Å². The molecular formula is C21H23N5O7. The highest BCUT2D eigenvalue weighted by Crippen LogP contribution is 2.34. The van der Waals surface area contributed by atoms with Crippen LogP contribution >= 0.6 is 0 Å². The monoisotopic (exact) mass is 457 g/mol. The fourth-order valence-electron chi connectivity index (χ4n) is 4.35. The van der Waals surface area contributed by atoms with Crippen LogP contribution in [0, 0.1) is 0 Å². The third kappa shape index (κ3) is 4.23. The molecule has 174 valence electrons. The molecule has 2 fully saturated rings. The van der Waals surface area contributed by atoms with Crippen LogP contribution in [0.2, 0.25) is 0 Å². The normalized spacial score (nSPS) is 20.6. The van der Waals surface area contributed by atoms with Gasteiger partial charge in [0.2, 0.25) is 17.7 Å². The first kappa shape index (κ1) is 22.2. The summed E-state index contributed by atoms with van der Waals surface area (Å²) in [5, 5.41) is 2.18. The Balaban J connectivity index is 1.47. The van der Waals surface area contributed by atoms with Gasteiger partial charge in [-0.15, -0.1) is 0 Å². The first-order chi connectivity index (χ1) is 15.8. The molecule has 1 unspecified atom stereocenters. The quantitative estimate of drug-likeness (QED) is 0.545. The molecule has 3 aliphatic rings. The van der Waals surface area contributed by atoms with E-state index in [0.29, 0.717) is 31.9 Å². The molecule has 0 radical (unpaired) electrons. The number of imide groups is 2. The van der Waals surface area contributed by atoms with E-state index in [9.17, 15) is 28.8 Å². The van der Waals surface area contributed by atoms with Crippen LogP contribution in [0.5, 0.6) is 0 Å². The number of rotatable bonds is 5. The lowest BCUT2D eigenvalue weighted by atomic mass is 10.0. The van der Waals surface area contributed by atoms with E-state index >= 15 is 0 Å². The fraction of sp³-hybridized carbons (Fsp3) is 0.429. The maximum absolute atomic E-state index is 13.2. The molecule has 3 N–H and O–H groups in total. The van der Waals surface area contributed by atoms with Crippen molar-refractivity contribution in [3.8, 4) is 0 Å². The zero-order valence-corrected chi connectivity index (χ0v) is 17.7. The summed E-state index contributed by atoms with van der Waals surface area (Å²) in [5.74, 6) is -2.39. The molecule has 12 heteroatoms. The van der Waals surface area contributed by atoms with Crippen molar-refractivity contribution in [3.63, 3.8) is 0 Å². The Hall–Kier alpha value is -3.96. The number of fused-ring (bicyclic) bond motifs is 1. The van der Waals surface area contributed by atoms with Crippen molar-refractivity contribution in [1.82, 2.24) is 15.1 Å². The van der Waals surface area contributed by atoms with Crippen molar-refractivity contribution in [1.29, 1.82) is 0 Å². The van der Waals surface area contributed by atoms with E-state index in [-0.39, 0.29) is 42.9 Å². The fourth-order valence-corrected chi connectivity index (χ4v) is 4.35. The van der Waals surface area contributed by atoms with E-state index in [0.717, 1.165) is 4.90 Å². The Bertz CT molecular complexity index is 1050. The van der Waals surface area contributed by atoms with Crippen molar-refractivity contribution >= 4 is 41.3 Å². The van der Waals surface area contributed by atoms with Gasteiger partial charge in [0, 0.05) is 32.6 Å². The van der Waals surface area contributed by atoms with Crippen LogP contribution in [-0.2, 0) is 19.1 Å². The third-order valence-corrected chi connectivity index (χ3v) is 5.98. The van der Waals surface area contributed by atoms with Crippen LogP contribution in [-0.4, -0.2) is 84.3 Å². The van der Waals surface area contributed by atoms with Gasteiger partial charge in [-0.1, -0.05) is 6.07 Å². The second kappa shape index (κ2) is 8.88. The zero-order valence-electron chi connectivity index (χ0n) is 17.7. The second-order valence-electron chi connectivity index (χ2n) is 7.93. The summed E-state index contributed by atoms with van der Waals surface area (Å²) >= 11 is 0. The Labute approximate surface area is 188 Å². The Morgan fingerprint density at radius 1 is 1.06 bits per heavy atom. The first-order valence-corrected chi connectivity index (χ1v) is 10.6. The van der Waals surface area contributed by atoms with Crippen LogP contribution in [0.15, 0.2) is 18.2 Å². The van der Waals surface area contributed by atoms with Crippen LogP contribution in [0.4, 0.5) is 10.5 Å². The van der Waals surface area contributed by atoms with Gasteiger partial charge in [0.25, 0.3) is 11.8 Å². The largest absolute Gasteiger partial charge is 0.449 e. The summed E-state index contributed by atoms with van der Waals surface area (Å²) in [6.45, 7) is 1.54. The number of primary amides is 1. The number of nitrogens with one attached hydrogen (secondary N) is 1. The molecule has 0 aliphatic carbocycles. The van der Waals surface area contributed by atoms with Crippen LogP contribution < -0.4 is 16.0 Å². The molecule has 0 spiro atoms. The minimum atomic E-state index is -1.03. The number of hydrogen-bond acceptors (Lipinski definition) is 8. The predicted octanol–water partition coefficient (Wildman–Crippen LogP) is -0.778. The summed E-state index contributed by atoms with van der Waals surface area (Å²) in [7, 11) is 0. The zero-order chi connectivity index (χ0) is 23.7. The van der Waals surface area contributed by atoms with Crippen molar-refractivity contribution < 1.29 is 33.5 Å². The summed E-state index contributed by atoms with van der Waals surface area (Å²) in [5.41, 5.74) is 5.89. The van der Waals surface area contributed by atoms with Crippen LogP contribution in [0.3, 0.4) is 0 Å². The van der Waals surface area contributed by atoms with E-state index in [4.69, 9.17) is 5.73 Å². The number of amides is 6. The molecule has 0 aromatic heterocycles. The number of carbonyl (C=O) groups is 6. The standard InChI is InChI=1S/C21H23N5O7/c22-21(32)33-11-6-16(28)25-9-7-24(8-10-25)13-3-1-2-12-17(13)20(31)26(19(12)30)14-4-5-15(27)23-18(14)29/h1-3,14H,4-11H2,(H2,22,32)(H,23,27,29). The lowest BCUT2D eigenvalue weighted by molar-refractivity contribution is -0.136. The molecule has 4 rings (SSSR count). The lowest BCUT2D eigenvalue weighted by Crippen LogP contribution is -2.54. The maximum atomic E-state index is 13.2. The van der Waals surface area contributed by atoms with Gasteiger partial charge in [0.15, 0.2) is 0 Å². The smallest absolute Gasteiger partial charge is 0.404 e. The van der Waals surface area contributed by atoms with Gasteiger partial charge in [-0.05, 0) is 18.6 Å². The number of anilines is 1. The molecular weight excluding hydrogens is 434 g/mol. The van der Waals surface area contributed by atoms with E-state index in [1.54, 1.807) is 23.1 Å². The molecule has 12 nitrogen and oxygen atoms in total. The average molecular weight is 457 g/mol. The number of hydrogen-bond donors (Lipinski definition) is 2. The van der Waals surface area contributed by atoms with Crippen LogP contribution in [0.1, 0.15) is 40.0 Å². The molecule has 1 atom stereocenters. The molecule has 1 aromatic rings. The van der Waals surface area contributed by atoms with Crippen molar-refractivity contribution in [2.24, 2.45) is 5.73 Å². The summed E-state index contributed by atoms with van der Waals surface area (Å²) in [6, 6.07) is 3.92. The topological polar surface area (TPSA) is 159 Å². The molecule has 1 aromatic carbocycles. The molecule has 0 saturated carbocycles. The van der Waals surface area contributed by atoms with Gasteiger partial charge >= 0.3 is 6.09 Å². The maximum Gasteiger partial charge on any atom is 0.404 e. The number of carbonyl (C=O) groups excluding carboxylic acids is 6. The lowest BCUT2D eigenvalue weighted by Gasteiger charge is -2.36. The summed E-state index contributed by atoms with van der Waals surface area (Å²) in [4.78, 5) is 77.4. The minimum absolute atomic E-state index is 0.0254. The second-order valence-corrected chi connectivity index (χ2v) is 7.93. The van der Waals surface area contributed by atoms with Gasteiger partial charge in [0.1, 0.15) is 12.6 Å². The van der Waals surface area contributed by atoms with E-state index < -0.39 is 35.8 Å². The molecule has 6 amide bonds. The minimum Gasteiger partial charge on any atom is -0.449 e. The van der Waals surface area contributed by atoms with E-state index in [1.165, 1.54) is 0 Å². The predicted molar refractivity (Wildman–Crippen MR) is 112 cm³/mol. The van der Waals surface area contributed by atoms with Gasteiger partial charge in [-0.25, -0.2) is 4.79 Å². The number of nitrogens with zero attached hydrogens (tertiary/aromatic N) is 3. The number of ether oxygens (including phenoxy) is 1. The van der Waals surface area contributed by atoms with Crippen molar-refractivity contribution in [3.05, 3.63) is 29.3 Å². The highest BCUT2D eigenvalue weighted by Gasteiger charge is 2.46. The Morgan fingerprint density at radius 3 is 2.45 bits per heavy atom. The molecule has 3 aliphatic heterocycles. The number of piperidine rings is 1. The first-order valence-electron chi connectivity index (χ1n) is 10.6. The molecule has 2 saturated heterocycles. The third-order valence-electron chi connectivity index (χ3n) is 5.98. The molecule has 3 heterocycles. The SMILES string of the molecule is NC(=O)OCCC(=O)N1CCN(c2cccc3c2C(=O)N(C2CCC(=O)NC2=O)C3=O)CC1. The summed E-state index contributed by atoms with van der Waals surface area (Å²) < 4.78 is 4.60. The Morgan fingerprint density at radius 2 is 1.79 bits per heavy atom. The Kier molecular flexibility index (Phi) is 5.99. The molecule has 0 bridgehead atoms. The highest BCUT2D eigenvalue weighted by atomic mass is 16.5. The van der Waals surface area contributed by atoms with Gasteiger partial charge in [-0.2, -0.15) is 0 Å².